The number of rotatable bonds is 6. The second kappa shape index (κ2) is 8.58. The Morgan fingerprint density at radius 2 is 1.81 bits per heavy atom. The lowest BCUT2D eigenvalue weighted by Gasteiger charge is -2.19. The number of hydrogen-bond donors (Lipinski definition) is 1. The number of alkyl carbamates (subject to hydrolysis) is 1. The van der Waals surface area contributed by atoms with Crippen LogP contribution in [0, 0.1) is 6.92 Å². The normalized spacial score (nSPS) is 11.0. The third-order valence-corrected chi connectivity index (χ3v) is 3.74. The first-order valence-electron chi connectivity index (χ1n) is 8.68. The molecule has 2 rings (SSSR count). The topological polar surface area (TPSA) is 87.7 Å². The number of nitrogens with one attached hydrogen (secondary N) is 1. The van der Waals surface area contributed by atoms with Crippen LogP contribution in [0.15, 0.2) is 42.5 Å². The van der Waals surface area contributed by atoms with E-state index in [-0.39, 0.29) is 12.2 Å². The number of amides is 1. The highest BCUT2D eigenvalue weighted by atomic mass is 16.6. The summed E-state index contributed by atoms with van der Waals surface area (Å²) in [6.45, 7) is 7.72. The summed E-state index contributed by atoms with van der Waals surface area (Å²) in [4.78, 5) is 22.8. The van der Waals surface area contributed by atoms with Crippen LogP contribution in [-0.4, -0.2) is 30.8 Å². The van der Waals surface area contributed by atoms with Crippen LogP contribution in [0.4, 0.5) is 4.79 Å². The van der Waals surface area contributed by atoms with Gasteiger partial charge in [-0.2, -0.15) is 0 Å². The lowest BCUT2D eigenvalue weighted by atomic mass is 9.96. The summed E-state index contributed by atoms with van der Waals surface area (Å²) in [5, 5.41) is 13.8. The average molecular weight is 370 g/mol. The van der Waals surface area contributed by atoms with Crippen LogP contribution >= 0.6 is 0 Å². The summed E-state index contributed by atoms with van der Waals surface area (Å²) in [5.41, 5.74) is 1.90. The number of carbonyl (C=O) groups excluding carboxylic acids is 2. The van der Waals surface area contributed by atoms with Crippen molar-refractivity contribution in [3.8, 4) is 16.9 Å². The molecule has 0 fully saturated rings. The third kappa shape index (κ3) is 6.02. The highest BCUT2D eigenvalue weighted by Gasteiger charge is 2.15. The molecule has 144 valence electrons. The van der Waals surface area contributed by atoms with Gasteiger partial charge in [-0.3, -0.25) is 0 Å². The zero-order valence-corrected chi connectivity index (χ0v) is 16.0. The first-order valence-corrected chi connectivity index (χ1v) is 8.68. The molecule has 0 aliphatic rings. The van der Waals surface area contributed by atoms with Crippen LogP contribution in [0.25, 0.3) is 11.1 Å². The van der Waals surface area contributed by atoms with Gasteiger partial charge in [-0.1, -0.05) is 30.3 Å². The van der Waals surface area contributed by atoms with Crippen molar-refractivity contribution in [1.29, 1.82) is 0 Å². The molecule has 0 spiro atoms. The molecule has 2 aromatic carbocycles. The minimum absolute atomic E-state index is 0.167. The second-order valence-corrected chi connectivity index (χ2v) is 7.07. The maximum atomic E-state index is 11.6. The van der Waals surface area contributed by atoms with Gasteiger partial charge in [-0.05, 0) is 56.5 Å². The molecule has 0 bridgehead atoms. The Labute approximate surface area is 159 Å². The van der Waals surface area contributed by atoms with E-state index in [0.717, 1.165) is 11.1 Å². The smallest absolute Gasteiger partial charge is 0.407 e. The van der Waals surface area contributed by atoms with Crippen LogP contribution in [-0.2, 0) is 4.74 Å². The molecule has 0 heterocycles. The highest BCUT2D eigenvalue weighted by molar-refractivity contribution is 5.90. The van der Waals surface area contributed by atoms with E-state index in [1.807, 2.05) is 24.3 Å². The Morgan fingerprint density at radius 1 is 1.11 bits per heavy atom. The van der Waals surface area contributed by atoms with Crippen molar-refractivity contribution in [3.63, 3.8) is 0 Å². The van der Waals surface area contributed by atoms with Gasteiger partial charge in [0.15, 0.2) is 0 Å². The van der Waals surface area contributed by atoms with E-state index in [9.17, 15) is 14.7 Å². The summed E-state index contributed by atoms with van der Waals surface area (Å²) in [6, 6.07) is 12.4. The number of carbonyl (C=O) groups is 2. The summed E-state index contributed by atoms with van der Waals surface area (Å²) in [6.07, 6.45) is -0.491. The van der Waals surface area contributed by atoms with Crippen molar-refractivity contribution in [2.24, 2.45) is 0 Å². The fourth-order valence-electron chi connectivity index (χ4n) is 2.56. The SMILES string of the molecule is Cc1c(C(=O)[O-])cccc1-c1cccc(OCCNC(=O)OC(C)(C)C)c1. The van der Waals surface area contributed by atoms with E-state index in [1.54, 1.807) is 39.8 Å². The van der Waals surface area contributed by atoms with Crippen LogP contribution in [0.1, 0.15) is 36.7 Å². The Kier molecular flexibility index (Phi) is 6.45. The Morgan fingerprint density at radius 3 is 2.48 bits per heavy atom. The summed E-state index contributed by atoms with van der Waals surface area (Å²) < 4.78 is 10.8. The first-order chi connectivity index (χ1) is 12.7. The summed E-state index contributed by atoms with van der Waals surface area (Å²) >= 11 is 0. The number of hydrogen-bond acceptors (Lipinski definition) is 5. The lowest BCUT2D eigenvalue weighted by Crippen LogP contribution is -2.34. The minimum atomic E-state index is -1.20. The van der Waals surface area contributed by atoms with Gasteiger partial charge in [-0.15, -0.1) is 0 Å². The van der Waals surface area contributed by atoms with Gasteiger partial charge < -0.3 is 24.7 Å². The van der Waals surface area contributed by atoms with E-state index < -0.39 is 17.7 Å². The average Bonchev–Trinajstić information content (AvgIpc) is 2.57. The maximum absolute atomic E-state index is 11.6. The van der Waals surface area contributed by atoms with Gasteiger partial charge in [0, 0.05) is 5.56 Å². The number of carboxylic acids is 1. The van der Waals surface area contributed by atoms with Gasteiger partial charge in [0.25, 0.3) is 0 Å². The molecule has 27 heavy (non-hydrogen) atoms. The molecule has 0 unspecified atom stereocenters. The van der Waals surface area contributed by atoms with E-state index in [2.05, 4.69) is 5.32 Å². The Bertz CT molecular complexity index is 824. The van der Waals surface area contributed by atoms with Crippen molar-refractivity contribution < 1.29 is 24.2 Å². The largest absolute Gasteiger partial charge is 0.545 e. The molecule has 0 radical (unpaired) electrons. The van der Waals surface area contributed by atoms with Crippen molar-refractivity contribution >= 4 is 12.1 Å². The molecular formula is C21H24NO5-. The van der Waals surface area contributed by atoms with Gasteiger partial charge in [0.05, 0.1) is 12.5 Å². The molecule has 1 amide bonds. The molecule has 2 aromatic rings. The summed E-state index contributed by atoms with van der Waals surface area (Å²) in [5.74, 6) is -0.577. The van der Waals surface area contributed by atoms with Gasteiger partial charge in [0.2, 0.25) is 0 Å². The van der Waals surface area contributed by atoms with Gasteiger partial charge in [-0.25, -0.2) is 4.79 Å². The molecule has 0 aromatic heterocycles. The molecule has 1 N–H and O–H groups in total. The Hall–Kier alpha value is -3.02. The van der Waals surface area contributed by atoms with E-state index in [1.165, 1.54) is 6.07 Å². The minimum Gasteiger partial charge on any atom is -0.545 e. The molecule has 0 aliphatic heterocycles. The van der Waals surface area contributed by atoms with Gasteiger partial charge >= 0.3 is 6.09 Å². The third-order valence-electron chi connectivity index (χ3n) is 3.74. The molecule has 6 heteroatoms. The van der Waals surface area contributed by atoms with E-state index in [0.29, 0.717) is 17.9 Å². The quantitative estimate of drug-likeness (QED) is 0.790. The molecule has 0 atom stereocenters. The second-order valence-electron chi connectivity index (χ2n) is 7.07. The number of aromatic carboxylic acids is 1. The molecule has 0 aliphatic carbocycles. The fourth-order valence-corrected chi connectivity index (χ4v) is 2.56. The molecule has 0 saturated heterocycles. The first kappa shape index (κ1) is 20.3. The Balaban J connectivity index is 1.99. The van der Waals surface area contributed by atoms with Crippen LogP contribution < -0.4 is 15.2 Å². The monoisotopic (exact) mass is 370 g/mol. The van der Waals surface area contributed by atoms with Crippen molar-refractivity contribution in [1.82, 2.24) is 5.32 Å². The van der Waals surface area contributed by atoms with E-state index >= 15 is 0 Å². The zero-order valence-electron chi connectivity index (χ0n) is 16.0. The fraction of sp³-hybridized carbons (Fsp3) is 0.333. The standard InChI is InChI=1S/C21H25NO5/c1-14-17(9-6-10-18(14)19(23)24)15-7-5-8-16(13-15)26-12-11-22-20(25)27-21(2,3)4/h5-10,13H,11-12H2,1-4H3,(H,22,25)(H,23,24)/p-1. The van der Waals surface area contributed by atoms with Crippen molar-refractivity contribution in [3.05, 3.63) is 53.6 Å². The van der Waals surface area contributed by atoms with Crippen LogP contribution in [0.2, 0.25) is 0 Å². The van der Waals surface area contributed by atoms with Gasteiger partial charge in [0.1, 0.15) is 18.0 Å². The molecule has 0 saturated carbocycles. The summed E-state index contributed by atoms with van der Waals surface area (Å²) in [7, 11) is 0. The number of ether oxygens (including phenoxy) is 2. The lowest BCUT2D eigenvalue weighted by molar-refractivity contribution is -0.255. The molecule has 6 nitrogen and oxygen atoms in total. The molecular weight excluding hydrogens is 346 g/mol. The van der Waals surface area contributed by atoms with Crippen molar-refractivity contribution in [2.45, 2.75) is 33.3 Å². The zero-order chi connectivity index (χ0) is 20.0. The maximum Gasteiger partial charge on any atom is 0.407 e. The predicted molar refractivity (Wildman–Crippen MR) is 101 cm³/mol. The van der Waals surface area contributed by atoms with Crippen LogP contribution in [0.5, 0.6) is 5.75 Å². The van der Waals surface area contributed by atoms with Crippen molar-refractivity contribution in [2.75, 3.05) is 13.2 Å². The van der Waals surface area contributed by atoms with Crippen LogP contribution in [0.3, 0.4) is 0 Å². The number of carboxylic acid groups (broad SMARTS) is 1. The number of benzene rings is 2. The van der Waals surface area contributed by atoms with E-state index in [4.69, 9.17) is 9.47 Å². The highest BCUT2D eigenvalue weighted by Crippen LogP contribution is 2.28. The predicted octanol–water partition coefficient (Wildman–Crippen LogP) is 2.93.